The van der Waals surface area contributed by atoms with Gasteiger partial charge in [-0.05, 0) is 53.7 Å². The third kappa shape index (κ3) is 10.4. The van der Waals surface area contributed by atoms with Gasteiger partial charge in [-0.25, -0.2) is 19.2 Å². The summed E-state index contributed by atoms with van der Waals surface area (Å²) in [4.78, 5) is 48.1. The number of hydrogen-bond acceptors (Lipinski definition) is 11. The largest absolute Gasteiger partial charge is 0.478 e. The Morgan fingerprint density at radius 2 is 1.00 bits per heavy atom. The van der Waals surface area contributed by atoms with E-state index in [0.29, 0.717) is 0 Å². The molecule has 0 aliphatic heterocycles. The van der Waals surface area contributed by atoms with E-state index in [0.717, 1.165) is 0 Å². The molecule has 0 saturated heterocycles. The van der Waals surface area contributed by atoms with Gasteiger partial charge >= 0.3 is 23.9 Å². The fourth-order valence-electron chi connectivity index (χ4n) is 2.46. The van der Waals surface area contributed by atoms with Crippen molar-refractivity contribution in [3.63, 3.8) is 0 Å². The van der Waals surface area contributed by atoms with Gasteiger partial charge in [-0.15, -0.1) is 0 Å². The lowest BCUT2D eigenvalue weighted by molar-refractivity contribution is -0.151. The Kier molecular flexibility index (Phi) is 11.7. The lowest BCUT2D eigenvalue weighted by Gasteiger charge is -2.18. The molecule has 0 amide bonds. The van der Waals surface area contributed by atoms with Crippen LogP contribution in [-0.4, -0.2) is 69.1 Å². The molecule has 1 aromatic rings. The first-order chi connectivity index (χ1) is 15.9. The van der Waals surface area contributed by atoms with E-state index < -0.39 is 43.7 Å². The molecule has 0 aliphatic carbocycles. The van der Waals surface area contributed by atoms with Crippen molar-refractivity contribution in [2.45, 2.75) is 59.9 Å². The van der Waals surface area contributed by atoms with E-state index in [4.69, 9.17) is 33.2 Å². The second kappa shape index (κ2) is 13.9. The molecule has 0 aromatic heterocycles. The Labute approximate surface area is 198 Å². The number of carbonyl (C=O) groups excluding carboxylic acids is 4. The summed E-state index contributed by atoms with van der Waals surface area (Å²) in [5.41, 5.74) is -0.0148. The van der Waals surface area contributed by atoms with Crippen LogP contribution in [0.3, 0.4) is 0 Å². The Morgan fingerprint density at radius 1 is 0.647 bits per heavy atom. The van der Waals surface area contributed by atoms with Crippen LogP contribution in [0.1, 0.15) is 51.9 Å². The van der Waals surface area contributed by atoms with Crippen molar-refractivity contribution in [3.8, 4) is 17.2 Å². The van der Waals surface area contributed by atoms with Crippen LogP contribution in [0.25, 0.3) is 0 Å². The topological polar surface area (TPSA) is 133 Å². The Morgan fingerprint density at radius 3 is 1.32 bits per heavy atom. The van der Waals surface area contributed by atoms with Crippen molar-refractivity contribution in [2.75, 3.05) is 26.9 Å². The molecular formula is C23H32O11. The molecule has 190 valence electrons. The van der Waals surface area contributed by atoms with Crippen molar-refractivity contribution >= 4 is 23.9 Å². The van der Waals surface area contributed by atoms with E-state index in [1.54, 1.807) is 41.5 Å². The summed E-state index contributed by atoms with van der Waals surface area (Å²) in [6, 6.07) is 2.49. The highest BCUT2D eigenvalue weighted by atomic mass is 16.6. The fraction of sp³-hybridized carbons (Fsp3) is 0.565. The Hall–Kier alpha value is -3.50. The average Bonchev–Trinajstić information content (AvgIpc) is 2.72. The van der Waals surface area contributed by atoms with Crippen molar-refractivity contribution in [1.82, 2.24) is 0 Å². The van der Waals surface area contributed by atoms with Crippen LogP contribution in [-0.2, 0) is 33.3 Å². The van der Waals surface area contributed by atoms with E-state index >= 15 is 0 Å². The molecule has 0 spiro atoms. The van der Waals surface area contributed by atoms with Crippen molar-refractivity contribution < 1.29 is 52.3 Å². The van der Waals surface area contributed by atoms with E-state index in [1.165, 1.54) is 19.2 Å². The summed E-state index contributed by atoms with van der Waals surface area (Å²) in [7, 11) is 1.18. The van der Waals surface area contributed by atoms with Gasteiger partial charge < -0.3 is 33.2 Å². The summed E-state index contributed by atoms with van der Waals surface area (Å²) in [6.07, 6.45) is -1.12. The predicted molar refractivity (Wildman–Crippen MR) is 118 cm³/mol. The molecule has 0 fully saturated rings. The Balaban J connectivity index is 3.30. The van der Waals surface area contributed by atoms with Crippen molar-refractivity contribution in [3.05, 3.63) is 17.7 Å². The summed E-state index contributed by atoms with van der Waals surface area (Å²) >= 11 is 0. The highest BCUT2D eigenvalue weighted by molar-refractivity contribution is 5.91. The lowest BCUT2D eigenvalue weighted by Crippen LogP contribution is -2.22. The number of carbonyl (C=O) groups is 4. The highest BCUT2D eigenvalue weighted by Gasteiger charge is 2.23. The van der Waals surface area contributed by atoms with Gasteiger partial charge in [0.15, 0.2) is 31.3 Å². The SMILES string of the molecule is COC(=O)c1cc(OCC(=O)OC(C)C)c(OCC(=O)OC(C)C)c(OCC(=O)OC(C)C)c1. The number of hydrogen-bond donors (Lipinski definition) is 0. The number of esters is 4. The zero-order valence-corrected chi connectivity index (χ0v) is 20.5. The number of methoxy groups -OCH3 is 1. The van der Waals surface area contributed by atoms with Crippen molar-refractivity contribution in [1.29, 1.82) is 0 Å². The average molecular weight is 484 g/mol. The smallest absolute Gasteiger partial charge is 0.344 e. The lowest BCUT2D eigenvalue weighted by atomic mass is 10.2. The molecule has 0 aliphatic rings. The molecule has 11 nitrogen and oxygen atoms in total. The van der Waals surface area contributed by atoms with Gasteiger partial charge in [0.1, 0.15) is 0 Å². The van der Waals surface area contributed by atoms with Gasteiger partial charge in [0.2, 0.25) is 5.75 Å². The maximum Gasteiger partial charge on any atom is 0.344 e. The van der Waals surface area contributed by atoms with Crippen LogP contribution in [0.5, 0.6) is 17.2 Å². The monoisotopic (exact) mass is 484 g/mol. The molecule has 0 radical (unpaired) electrons. The predicted octanol–water partition coefficient (Wildman–Crippen LogP) is 2.46. The third-order valence-corrected chi connectivity index (χ3v) is 3.57. The first-order valence-corrected chi connectivity index (χ1v) is 10.7. The van der Waals surface area contributed by atoms with Crippen LogP contribution < -0.4 is 14.2 Å². The molecule has 0 saturated carbocycles. The third-order valence-electron chi connectivity index (χ3n) is 3.57. The van der Waals surface area contributed by atoms with Crippen LogP contribution in [0, 0.1) is 0 Å². The van der Waals surface area contributed by atoms with Gasteiger partial charge in [0.05, 0.1) is 31.0 Å². The molecule has 11 heteroatoms. The standard InChI is InChI=1S/C23H32O11/c1-13(2)32-19(24)10-29-17-8-16(23(27)28-7)9-18(30-11-20(25)33-14(3)4)22(17)31-12-21(26)34-15(5)6/h8-9,13-15H,10-12H2,1-7H3. The second-order valence-electron chi connectivity index (χ2n) is 7.78. The number of ether oxygens (including phenoxy) is 7. The molecule has 0 bridgehead atoms. The summed E-state index contributed by atoms with van der Waals surface area (Å²) in [5, 5.41) is 0. The van der Waals surface area contributed by atoms with E-state index in [1.807, 2.05) is 0 Å². The maximum absolute atomic E-state index is 12.2. The van der Waals surface area contributed by atoms with Crippen molar-refractivity contribution in [2.24, 2.45) is 0 Å². The van der Waals surface area contributed by atoms with Gasteiger partial charge in [-0.2, -0.15) is 0 Å². The first kappa shape index (κ1) is 28.5. The number of rotatable bonds is 13. The number of benzene rings is 1. The van der Waals surface area contributed by atoms with E-state index in [2.05, 4.69) is 0 Å². The minimum atomic E-state index is -0.741. The summed E-state index contributed by atoms with van der Waals surface area (Å²) in [5.74, 6) is -3.14. The van der Waals surface area contributed by atoms with Gasteiger partial charge in [0, 0.05) is 0 Å². The fourth-order valence-corrected chi connectivity index (χ4v) is 2.46. The van der Waals surface area contributed by atoms with Crippen LogP contribution in [0.4, 0.5) is 0 Å². The highest BCUT2D eigenvalue weighted by Crippen LogP contribution is 2.39. The Bertz CT molecular complexity index is 811. The summed E-state index contributed by atoms with van der Waals surface area (Å²) in [6.45, 7) is 8.46. The minimum Gasteiger partial charge on any atom is -0.478 e. The molecule has 1 aromatic carbocycles. The maximum atomic E-state index is 12.2. The molecule has 0 N–H and O–H groups in total. The van der Waals surface area contributed by atoms with Crippen LogP contribution in [0.2, 0.25) is 0 Å². The molecular weight excluding hydrogens is 452 g/mol. The van der Waals surface area contributed by atoms with Gasteiger partial charge in [-0.1, -0.05) is 0 Å². The second-order valence-corrected chi connectivity index (χ2v) is 7.78. The van der Waals surface area contributed by atoms with Gasteiger partial charge in [0.25, 0.3) is 0 Å². The molecule has 0 unspecified atom stereocenters. The zero-order valence-electron chi connectivity index (χ0n) is 20.5. The minimum absolute atomic E-state index is 0.0148. The van der Waals surface area contributed by atoms with E-state index in [-0.39, 0.29) is 41.1 Å². The van der Waals surface area contributed by atoms with Crippen LogP contribution >= 0.6 is 0 Å². The zero-order chi connectivity index (χ0) is 25.8. The van der Waals surface area contributed by atoms with Crippen LogP contribution in [0.15, 0.2) is 12.1 Å². The molecule has 34 heavy (non-hydrogen) atoms. The molecule has 0 heterocycles. The quantitative estimate of drug-likeness (QED) is 0.302. The first-order valence-electron chi connectivity index (χ1n) is 10.7. The summed E-state index contributed by atoms with van der Waals surface area (Å²) < 4.78 is 36.4. The molecule has 0 atom stereocenters. The van der Waals surface area contributed by atoms with E-state index in [9.17, 15) is 19.2 Å². The molecule has 1 rings (SSSR count). The normalized spacial score (nSPS) is 10.6. The van der Waals surface area contributed by atoms with Gasteiger partial charge in [-0.3, -0.25) is 0 Å².